The maximum atomic E-state index is 13.0. The lowest BCUT2D eigenvalue weighted by atomic mass is 9.73. The summed E-state index contributed by atoms with van der Waals surface area (Å²) in [6.07, 6.45) is 1.47. The summed E-state index contributed by atoms with van der Waals surface area (Å²) in [5, 5.41) is 3.91. The molecule has 0 atom stereocenters. The van der Waals surface area contributed by atoms with E-state index in [1.807, 2.05) is 54.2 Å². The molecule has 1 N–H and O–H groups in total. The van der Waals surface area contributed by atoms with Crippen LogP contribution in [0.5, 0.6) is 0 Å². The summed E-state index contributed by atoms with van der Waals surface area (Å²) in [6, 6.07) is 18.0. The van der Waals surface area contributed by atoms with Crippen molar-refractivity contribution < 1.29 is 9.53 Å². The Morgan fingerprint density at radius 1 is 1.08 bits per heavy atom. The number of carbonyl (C=O) groups is 1. The van der Waals surface area contributed by atoms with Crippen LogP contribution in [0, 0.1) is 0 Å². The van der Waals surface area contributed by atoms with Crippen LogP contribution in [0.1, 0.15) is 24.0 Å². The minimum Gasteiger partial charge on any atom is -0.381 e. The lowest BCUT2D eigenvalue weighted by Crippen LogP contribution is -2.48. The lowest BCUT2D eigenvalue weighted by Gasteiger charge is -2.36. The first-order valence-corrected chi connectivity index (χ1v) is 10.5. The van der Waals surface area contributed by atoms with Gasteiger partial charge in [0.05, 0.1) is 5.41 Å². The Balaban J connectivity index is 1.51. The first kappa shape index (κ1) is 19.3. The molecule has 5 heteroatoms. The average Bonchev–Trinajstić information content (AvgIpc) is 2.70. The monoisotopic (exact) mass is 389 g/mol. The Kier molecular flexibility index (Phi) is 7.00. The number of rotatable bonds is 7. The van der Waals surface area contributed by atoms with Crippen LogP contribution >= 0.6 is 23.4 Å². The van der Waals surface area contributed by atoms with E-state index in [2.05, 4.69) is 17.4 Å². The minimum absolute atomic E-state index is 0.124. The molecule has 1 saturated heterocycles. The van der Waals surface area contributed by atoms with E-state index in [0.717, 1.165) is 34.9 Å². The molecule has 2 aromatic rings. The molecule has 0 bridgehead atoms. The van der Waals surface area contributed by atoms with Crippen molar-refractivity contribution in [2.45, 2.75) is 24.0 Å². The number of halogens is 1. The normalized spacial score (nSPS) is 16.2. The topological polar surface area (TPSA) is 38.3 Å². The first-order valence-electron chi connectivity index (χ1n) is 8.94. The predicted molar refractivity (Wildman–Crippen MR) is 109 cm³/mol. The summed E-state index contributed by atoms with van der Waals surface area (Å²) in [4.78, 5) is 13.0. The van der Waals surface area contributed by atoms with Crippen LogP contribution < -0.4 is 5.32 Å². The van der Waals surface area contributed by atoms with Gasteiger partial charge in [0.25, 0.3) is 0 Å². The maximum Gasteiger partial charge on any atom is 0.230 e. The number of hydrogen-bond acceptors (Lipinski definition) is 3. The zero-order chi connectivity index (χ0) is 18.2. The van der Waals surface area contributed by atoms with Gasteiger partial charge in [0.2, 0.25) is 5.91 Å². The SMILES string of the molecule is O=C(NCCSCc1ccc(Cl)cc1)C1(c2ccccc2)CCOCC1. The van der Waals surface area contributed by atoms with Crippen molar-refractivity contribution in [2.75, 3.05) is 25.5 Å². The maximum absolute atomic E-state index is 13.0. The van der Waals surface area contributed by atoms with Crippen molar-refractivity contribution in [3.05, 3.63) is 70.7 Å². The molecule has 0 unspecified atom stereocenters. The zero-order valence-corrected chi connectivity index (χ0v) is 16.3. The molecule has 0 aliphatic carbocycles. The Morgan fingerprint density at radius 2 is 1.77 bits per heavy atom. The van der Waals surface area contributed by atoms with E-state index in [9.17, 15) is 4.79 Å². The molecule has 138 valence electrons. The third-order valence-corrected chi connectivity index (χ3v) is 6.10. The van der Waals surface area contributed by atoms with Gasteiger partial charge < -0.3 is 10.1 Å². The van der Waals surface area contributed by atoms with Gasteiger partial charge in [-0.25, -0.2) is 0 Å². The molecule has 1 fully saturated rings. The number of ether oxygens (including phenoxy) is 1. The van der Waals surface area contributed by atoms with Crippen molar-refractivity contribution in [1.29, 1.82) is 0 Å². The predicted octanol–water partition coefficient (Wildman–Crippen LogP) is 4.44. The summed E-state index contributed by atoms with van der Waals surface area (Å²) < 4.78 is 5.50. The highest BCUT2D eigenvalue weighted by molar-refractivity contribution is 7.98. The van der Waals surface area contributed by atoms with Crippen LogP contribution in [0.3, 0.4) is 0 Å². The average molecular weight is 390 g/mol. The van der Waals surface area contributed by atoms with Crippen LogP contribution in [0.25, 0.3) is 0 Å². The van der Waals surface area contributed by atoms with Crippen LogP contribution in [0.15, 0.2) is 54.6 Å². The molecule has 0 saturated carbocycles. The summed E-state index contributed by atoms with van der Waals surface area (Å²) in [5.41, 5.74) is 1.88. The fourth-order valence-electron chi connectivity index (χ4n) is 3.30. The van der Waals surface area contributed by atoms with Gasteiger partial charge in [0, 0.05) is 36.3 Å². The van der Waals surface area contributed by atoms with E-state index in [0.29, 0.717) is 19.8 Å². The molecule has 2 aromatic carbocycles. The van der Waals surface area contributed by atoms with E-state index in [1.165, 1.54) is 5.56 Å². The summed E-state index contributed by atoms with van der Waals surface area (Å²) >= 11 is 7.72. The fraction of sp³-hybridized carbons (Fsp3) is 0.381. The quantitative estimate of drug-likeness (QED) is 0.711. The van der Waals surface area contributed by atoms with Crippen LogP contribution in [0.4, 0.5) is 0 Å². The number of thioether (sulfide) groups is 1. The zero-order valence-electron chi connectivity index (χ0n) is 14.7. The largest absolute Gasteiger partial charge is 0.381 e. The molecule has 1 heterocycles. The number of nitrogens with one attached hydrogen (secondary N) is 1. The Morgan fingerprint density at radius 3 is 2.46 bits per heavy atom. The third-order valence-electron chi connectivity index (χ3n) is 4.82. The molecule has 0 radical (unpaired) electrons. The Labute approximate surface area is 164 Å². The lowest BCUT2D eigenvalue weighted by molar-refractivity contribution is -0.130. The standard InChI is InChI=1S/C21H24ClNO2S/c22-19-8-6-17(7-9-19)16-26-15-12-23-20(24)21(10-13-25-14-11-21)18-4-2-1-3-5-18/h1-9H,10-16H2,(H,23,24). The second-order valence-corrected chi connectivity index (χ2v) is 8.04. The van der Waals surface area contributed by atoms with E-state index in [4.69, 9.17) is 16.3 Å². The van der Waals surface area contributed by atoms with Crippen molar-refractivity contribution in [3.63, 3.8) is 0 Å². The molecule has 3 rings (SSSR count). The number of carbonyl (C=O) groups excluding carboxylic acids is 1. The van der Waals surface area contributed by atoms with Crippen LogP contribution in [-0.4, -0.2) is 31.4 Å². The molecular weight excluding hydrogens is 366 g/mol. The Hall–Kier alpha value is -1.49. The van der Waals surface area contributed by atoms with Gasteiger partial charge in [-0.1, -0.05) is 54.1 Å². The number of hydrogen-bond donors (Lipinski definition) is 1. The number of amides is 1. The molecule has 1 aliphatic rings. The van der Waals surface area contributed by atoms with Crippen LogP contribution in [0.2, 0.25) is 5.02 Å². The highest BCUT2D eigenvalue weighted by Crippen LogP contribution is 2.35. The third kappa shape index (κ3) is 4.81. The van der Waals surface area contributed by atoms with Gasteiger partial charge >= 0.3 is 0 Å². The summed E-state index contributed by atoms with van der Waals surface area (Å²) in [6.45, 7) is 1.94. The second-order valence-electron chi connectivity index (χ2n) is 6.50. The van der Waals surface area contributed by atoms with E-state index >= 15 is 0 Å². The van der Waals surface area contributed by atoms with Crippen molar-refractivity contribution in [1.82, 2.24) is 5.32 Å². The highest BCUT2D eigenvalue weighted by atomic mass is 35.5. The molecule has 1 aliphatic heterocycles. The molecule has 1 amide bonds. The van der Waals surface area contributed by atoms with Gasteiger partial charge in [-0.3, -0.25) is 4.79 Å². The smallest absolute Gasteiger partial charge is 0.230 e. The summed E-state index contributed by atoms with van der Waals surface area (Å²) in [7, 11) is 0. The van der Waals surface area contributed by atoms with Gasteiger partial charge in [-0.15, -0.1) is 0 Å². The molecule has 26 heavy (non-hydrogen) atoms. The van der Waals surface area contributed by atoms with Gasteiger partial charge in [0.1, 0.15) is 0 Å². The molecule has 0 aromatic heterocycles. The second kappa shape index (κ2) is 9.45. The van der Waals surface area contributed by atoms with Gasteiger partial charge in [-0.05, 0) is 36.1 Å². The van der Waals surface area contributed by atoms with Crippen molar-refractivity contribution in [3.8, 4) is 0 Å². The van der Waals surface area contributed by atoms with Gasteiger partial charge in [0.15, 0.2) is 0 Å². The van der Waals surface area contributed by atoms with Crippen molar-refractivity contribution >= 4 is 29.3 Å². The molecule has 0 spiro atoms. The van der Waals surface area contributed by atoms with E-state index < -0.39 is 5.41 Å². The Bertz CT molecular complexity index is 700. The van der Waals surface area contributed by atoms with Crippen LogP contribution in [-0.2, 0) is 20.7 Å². The summed E-state index contributed by atoms with van der Waals surface area (Å²) in [5.74, 6) is 1.93. The first-order chi connectivity index (χ1) is 12.7. The molecular formula is C21H24ClNO2S. The minimum atomic E-state index is -0.458. The number of benzene rings is 2. The fourth-order valence-corrected chi connectivity index (χ4v) is 4.25. The van der Waals surface area contributed by atoms with Gasteiger partial charge in [-0.2, -0.15) is 11.8 Å². The van der Waals surface area contributed by atoms with Crippen molar-refractivity contribution in [2.24, 2.45) is 0 Å². The van der Waals surface area contributed by atoms with E-state index in [-0.39, 0.29) is 5.91 Å². The van der Waals surface area contributed by atoms with E-state index in [1.54, 1.807) is 0 Å². The molecule has 3 nitrogen and oxygen atoms in total. The highest BCUT2D eigenvalue weighted by Gasteiger charge is 2.41.